The zero-order chi connectivity index (χ0) is 14.4. The first-order valence-electron chi connectivity index (χ1n) is 7.40. The van der Waals surface area contributed by atoms with Gasteiger partial charge >= 0.3 is 0 Å². The lowest BCUT2D eigenvalue weighted by atomic mass is 9.97. The summed E-state index contributed by atoms with van der Waals surface area (Å²) >= 11 is 0. The van der Waals surface area contributed by atoms with Crippen molar-refractivity contribution in [2.75, 3.05) is 25.0 Å². The molecule has 5 heteroatoms. The van der Waals surface area contributed by atoms with Gasteiger partial charge in [-0.05, 0) is 44.0 Å². The molecular weight excluding hydrogens is 288 g/mol. The molecule has 1 saturated heterocycles. The van der Waals surface area contributed by atoms with E-state index < -0.39 is 0 Å². The van der Waals surface area contributed by atoms with Crippen LogP contribution in [-0.4, -0.2) is 25.6 Å². The fourth-order valence-corrected chi connectivity index (χ4v) is 2.27. The molecule has 0 spiro atoms. The van der Waals surface area contributed by atoms with Gasteiger partial charge in [0.25, 0.3) is 0 Å². The van der Waals surface area contributed by atoms with Crippen LogP contribution in [0.5, 0.6) is 5.75 Å². The number of ether oxygens (including phenoxy) is 1. The number of para-hydroxylation sites is 2. The van der Waals surface area contributed by atoms with Gasteiger partial charge in [0.15, 0.2) is 0 Å². The average molecular weight is 313 g/mol. The van der Waals surface area contributed by atoms with Crippen molar-refractivity contribution in [3.05, 3.63) is 24.3 Å². The highest BCUT2D eigenvalue weighted by Crippen LogP contribution is 2.25. The van der Waals surface area contributed by atoms with Crippen molar-refractivity contribution in [1.82, 2.24) is 5.32 Å². The summed E-state index contributed by atoms with van der Waals surface area (Å²) in [4.78, 5) is 12.3. The van der Waals surface area contributed by atoms with Crippen LogP contribution in [0.3, 0.4) is 0 Å². The molecule has 4 nitrogen and oxygen atoms in total. The number of hydrogen-bond donors (Lipinski definition) is 2. The van der Waals surface area contributed by atoms with Gasteiger partial charge in [-0.15, -0.1) is 12.4 Å². The standard InChI is InChI=1S/C16H24N2O2.ClH/c1-12(2)11-20-15-6-4-3-5-14(15)18-16(19)13-7-9-17-10-8-13;/h3-6,12-13,17H,7-11H2,1-2H3,(H,18,19);1H. The summed E-state index contributed by atoms with van der Waals surface area (Å²) in [7, 11) is 0. The van der Waals surface area contributed by atoms with E-state index in [-0.39, 0.29) is 24.2 Å². The van der Waals surface area contributed by atoms with E-state index in [9.17, 15) is 4.79 Å². The predicted molar refractivity (Wildman–Crippen MR) is 88.2 cm³/mol. The number of halogens is 1. The highest BCUT2D eigenvalue weighted by Gasteiger charge is 2.21. The summed E-state index contributed by atoms with van der Waals surface area (Å²) in [5.41, 5.74) is 0.775. The fourth-order valence-electron chi connectivity index (χ4n) is 2.27. The maximum Gasteiger partial charge on any atom is 0.227 e. The summed E-state index contributed by atoms with van der Waals surface area (Å²) in [5.74, 6) is 1.42. The van der Waals surface area contributed by atoms with Gasteiger partial charge in [0.1, 0.15) is 5.75 Å². The number of amides is 1. The van der Waals surface area contributed by atoms with E-state index in [1.807, 2.05) is 24.3 Å². The predicted octanol–water partition coefficient (Wildman–Crippen LogP) is 3.08. The van der Waals surface area contributed by atoms with E-state index >= 15 is 0 Å². The van der Waals surface area contributed by atoms with E-state index in [0.29, 0.717) is 12.5 Å². The molecule has 1 aliphatic rings. The summed E-state index contributed by atoms with van der Waals surface area (Å²) in [6, 6.07) is 7.64. The number of piperidine rings is 1. The second kappa shape index (κ2) is 8.90. The lowest BCUT2D eigenvalue weighted by molar-refractivity contribution is -0.120. The number of carbonyl (C=O) groups excluding carboxylic acids is 1. The van der Waals surface area contributed by atoms with Crippen molar-refractivity contribution in [3.8, 4) is 5.75 Å². The molecule has 1 fully saturated rings. The Kier molecular flexibility index (Phi) is 7.54. The molecule has 0 radical (unpaired) electrons. The fraction of sp³-hybridized carbons (Fsp3) is 0.562. The SMILES string of the molecule is CC(C)COc1ccccc1NC(=O)C1CCNCC1.Cl. The van der Waals surface area contributed by atoms with Gasteiger partial charge in [0.2, 0.25) is 5.91 Å². The van der Waals surface area contributed by atoms with Crippen LogP contribution in [0.25, 0.3) is 0 Å². The maximum absolute atomic E-state index is 12.3. The third-order valence-electron chi connectivity index (χ3n) is 3.43. The van der Waals surface area contributed by atoms with Crippen molar-refractivity contribution < 1.29 is 9.53 Å². The Morgan fingerprint density at radius 1 is 1.33 bits per heavy atom. The number of anilines is 1. The molecule has 2 N–H and O–H groups in total. The Bertz CT molecular complexity index is 446. The maximum atomic E-state index is 12.3. The summed E-state index contributed by atoms with van der Waals surface area (Å²) in [5, 5.41) is 6.29. The van der Waals surface area contributed by atoms with Crippen LogP contribution in [0, 0.1) is 11.8 Å². The molecule has 1 heterocycles. The van der Waals surface area contributed by atoms with Gasteiger partial charge < -0.3 is 15.4 Å². The Labute approximate surface area is 133 Å². The van der Waals surface area contributed by atoms with Gasteiger partial charge in [0, 0.05) is 5.92 Å². The van der Waals surface area contributed by atoms with Crippen LogP contribution in [0.4, 0.5) is 5.69 Å². The van der Waals surface area contributed by atoms with Gasteiger partial charge in [-0.25, -0.2) is 0 Å². The van der Waals surface area contributed by atoms with Crippen molar-refractivity contribution in [2.24, 2.45) is 11.8 Å². The molecule has 2 rings (SSSR count). The van der Waals surface area contributed by atoms with Crippen LogP contribution in [0.15, 0.2) is 24.3 Å². The first-order chi connectivity index (χ1) is 9.66. The zero-order valence-corrected chi connectivity index (χ0v) is 13.5. The number of benzene rings is 1. The quantitative estimate of drug-likeness (QED) is 0.878. The molecule has 1 aliphatic heterocycles. The molecule has 1 aromatic rings. The monoisotopic (exact) mass is 312 g/mol. The molecule has 1 amide bonds. The molecule has 0 atom stereocenters. The molecule has 0 bridgehead atoms. The topological polar surface area (TPSA) is 50.4 Å². The molecule has 0 aliphatic carbocycles. The molecule has 0 aromatic heterocycles. The minimum Gasteiger partial charge on any atom is -0.491 e. The molecule has 0 saturated carbocycles. The van der Waals surface area contributed by atoms with Crippen LogP contribution in [-0.2, 0) is 4.79 Å². The van der Waals surface area contributed by atoms with E-state index in [1.165, 1.54) is 0 Å². The highest BCUT2D eigenvalue weighted by atomic mass is 35.5. The van der Waals surface area contributed by atoms with E-state index in [4.69, 9.17) is 4.74 Å². The largest absolute Gasteiger partial charge is 0.491 e. The van der Waals surface area contributed by atoms with E-state index in [2.05, 4.69) is 24.5 Å². The Morgan fingerprint density at radius 3 is 2.67 bits per heavy atom. The number of rotatable bonds is 5. The van der Waals surface area contributed by atoms with E-state index in [1.54, 1.807) is 0 Å². The highest BCUT2D eigenvalue weighted by molar-refractivity contribution is 5.94. The van der Waals surface area contributed by atoms with Crippen molar-refractivity contribution in [3.63, 3.8) is 0 Å². The second-order valence-corrected chi connectivity index (χ2v) is 5.71. The van der Waals surface area contributed by atoms with Crippen LogP contribution in [0.1, 0.15) is 26.7 Å². The summed E-state index contributed by atoms with van der Waals surface area (Å²) < 4.78 is 5.76. The second-order valence-electron chi connectivity index (χ2n) is 5.71. The van der Waals surface area contributed by atoms with Gasteiger partial charge in [-0.1, -0.05) is 26.0 Å². The lowest BCUT2D eigenvalue weighted by Crippen LogP contribution is -2.34. The average Bonchev–Trinajstić information content (AvgIpc) is 2.47. The van der Waals surface area contributed by atoms with Gasteiger partial charge in [-0.3, -0.25) is 4.79 Å². The van der Waals surface area contributed by atoms with E-state index in [0.717, 1.165) is 37.4 Å². The molecule has 1 aromatic carbocycles. The Hall–Kier alpha value is -1.26. The molecule has 0 unspecified atom stereocenters. The Morgan fingerprint density at radius 2 is 2.00 bits per heavy atom. The third kappa shape index (κ3) is 5.56. The normalized spacial score (nSPS) is 15.4. The number of nitrogens with one attached hydrogen (secondary N) is 2. The van der Waals surface area contributed by atoms with Crippen molar-refractivity contribution >= 4 is 24.0 Å². The first kappa shape index (κ1) is 17.8. The Balaban J connectivity index is 0.00000220. The van der Waals surface area contributed by atoms with Crippen LogP contribution >= 0.6 is 12.4 Å². The zero-order valence-electron chi connectivity index (χ0n) is 12.7. The van der Waals surface area contributed by atoms with Gasteiger partial charge in [0.05, 0.1) is 12.3 Å². The van der Waals surface area contributed by atoms with Crippen molar-refractivity contribution in [1.29, 1.82) is 0 Å². The number of carbonyl (C=O) groups is 1. The van der Waals surface area contributed by atoms with Crippen LogP contribution in [0.2, 0.25) is 0 Å². The smallest absolute Gasteiger partial charge is 0.227 e. The minimum absolute atomic E-state index is 0. The number of hydrogen-bond acceptors (Lipinski definition) is 3. The summed E-state index contributed by atoms with van der Waals surface area (Å²) in [6.07, 6.45) is 1.81. The molecular formula is C16H25ClN2O2. The molecule has 118 valence electrons. The third-order valence-corrected chi connectivity index (χ3v) is 3.43. The molecule has 21 heavy (non-hydrogen) atoms. The van der Waals surface area contributed by atoms with Gasteiger partial charge in [-0.2, -0.15) is 0 Å². The van der Waals surface area contributed by atoms with Crippen molar-refractivity contribution in [2.45, 2.75) is 26.7 Å². The first-order valence-corrected chi connectivity index (χ1v) is 7.40. The lowest BCUT2D eigenvalue weighted by Gasteiger charge is -2.22. The summed E-state index contributed by atoms with van der Waals surface area (Å²) in [6.45, 7) is 6.71. The van der Waals surface area contributed by atoms with Crippen LogP contribution < -0.4 is 15.4 Å². The minimum atomic E-state index is 0.